The predicted molar refractivity (Wildman–Crippen MR) is 226 cm³/mol. The second-order valence-corrected chi connectivity index (χ2v) is 14.8. The third-order valence-electron chi connectivity index (χ3n) is 9.62. The number of nitrogens with one attached hydrogen (secondary N) is 7. The van der Waals surface area contributed by atoms with Gasteiger partial charge in [-0.05, 0) is 51.2 Å². The van der Waals surface area contributed by atoms with Crippen molar-refractivity contribution >= 4 is 70.1 Å². The first-order valence-corrected chi connectivity index (χ1v) is 20.0. The maximum atomic E-state index is 13.9. The minimum absolute atomic E-state index is 0.0284. The van der Waals surface area contributed by atoms with E-state index in [-0.39, 0.29) is 31.8 Å². The number of carboxylic acid groups (broad SMARTS) is 1. The Hall–Kier alpha value is -6.90. The number of carbonyl (C=O) groups excluding carboxylic acids is 8. The van der Waals surface area contributed by atoms with Crippen LogP contribution in [0.25, 0.3) is 10.9 Å². The smallest absolute Gasteiger partial charge is 0.328 e. The molecule has 1 aromatic heterocycles. The Labute approximate surface area is 366 Å². The number of carboxylic acids is 1. The molecule has 0 fully saturated rings. The van der Waals surface area contributed by atoms with Gasteiger partial charge in [-0.2, -0.15) is 0 Å². The number of primary amides is 2. The molecule has 26 nitrogen and oxygen atoms in total. The molecule has 0 saturated carbocycles. The molecule has 1 heterocycles. The van der Waals surface area contributed by atoms with E-state index in [1.165, 1.54) is 6.92 Å². The zero-order valence-corrected chi connectivity index (χ0v) is 35.2. The summed E-state index contributed by atoms with van der Waals surface area (Å²) in [4.78, 5) is 123. The summed E-state index contributed by atoms with van der Waals surface area (Å²) in [6.45, 7) is 1.32. The first-order valence-electron chi connectivity index (χ1n) is 20.0. The number of amides is 8. The van der Waals surface area contributed by atoms with Gasteiger partial charge in [0.25, 0.3) is 0 Å². The van der Waals surface area contributed by atoms with Gasteiger partial charge >= 0.3 is 5.97 Å². The lowest BCUT2D eigenvalue weighted by molar-refractivity contribution is -0.143. The van der Waals surface area contributed by atoms with Gasteiger partial charge in [0.15, 0.2) is 5.96 Å². The molecule has 2 aromatic rings. The molecule has 0 bridgehead atoms. The van der Waals surface area contributed by atoms with Gasteiger partial charge in [0, 0.05) is 42.9 Å². The van der Waals surface area contributed by atoms with E-state index in [1.54, 1.807) is 30.5 Å². The van der Waals surface area contributed by atoms with Crippen LogP contribution in [0.3, 0.4) is 0 Å². The number of fused-ring (bicyclic) bond motifs is 1. The molecule has 0 radical (unpaired) electrons. The van der Waals surface area contributed by atoms with Gasteiger partial charge in [0.1, 0.15) is 42.3 Å². The fraction of sp³-hybridized carbons (Fsp3) is 0.526. The van der Waals surface area contributed by atoms with Crippen molar-refractivity contribution in [2.45, 2.75) is 113 Å². The van der Waals surface area contributed by atoms with Crippen LogP contribution in [-0.4, -0.2) is 152 Å². The lowest BCUT2D eigenvalue weighted by Gasteiger charge is -2.28. The summed E-state index contributed by atoms with van der Waals surface area (Å²) in [5.41, 5.74) is 28.4. The normalized spacial score (nSPS) is 15.3. The van der Waals surface area contributed by atoms with Crippen LogP contribution in [-0.2, 0) is 49.6 Å². The molecule has 0 aliphatic rings. The van der Waals surface area contributed by atoms with Gasteiger partial charge in [-0.1, -0.05) is 18.2 Å². The summed E-state index contributed by atoms with van der Waals surface area (Å²) in [7, 11) is 0. The van der Waals surface area contributed by atoms with Crippen LogP contribution in [0.15, 0.2) is 35.5 Å². The summed E-state index contributed by atoms with van der Waals surface area (Å²) in [5.74, 6) is -10.1. The van der Waals surface area contributed by atoms with E-state index in [4.69, 9.17) is 28.7 Å². The van der Waals surface area contributed by atoms with Crippen molar-refractivity contribution in [3.05, 3.63) is 36.0 Å². The lowest BCUT2D eigenvalue weighted by Crippen LogP contribution is -2.62. The standard InChI is InChI=1S/C38H59N13O13/c1-17(53)29(41)35(61)49-25(14-19-15-45-21-7-4-3-6-20(19)21)34(60)47-24(10-12-28(40)56)33(59)51-30(18(2)54)36(62)48-23(9-11-27(39)55)32(58)46-22(8-5-13-44-38(42)43)31(57)50-26(16-52)37(63)64/h3-4,6-7,15,17-18,22-26,29-30,45,52-54H,5,8-14,16,41H2,1-2H3,(H2,39,55)(H2,40,56)(H,46,58)(H,47,60)(H,48,62)(H,49,61)(H,50,57)(H,51,59)(H,63,64)(H4,42,43,44)/t17-,18-,22+,23+,24+,25+,26+,29+,30+/m1/s1. The Morgan fingerprint density at radius 2 is 1.14 bits per heavy atom. The maximum Gasteiger partial charge on any atom is 0.328 e. The lowest BCUT2D eigenvalue weighted by atomic mass is 10.0. The van der Waals surface area contributed by atoms with Crippen molar-refractivity contribution in [3.8, 4) is 0 Å². The number of para-hydroxylation sites is 1. The molecule has 21 N–H and O–H groups in total. The highest BCUT2D eigenvalue weighted by molar-refractivity contribution is 5.98. The van der Waals surface area contributed by atoms with E-state index in [1.807, 2.05) is 0 Å². The average Bonchev–Trinajstić information content (AvgIpc) is 3.63. The quantitative estimate of drug-likeness (QED) is 0.0214. The van der Waals surface area contributed by atoms with Crippen LogP contribution in [0.4, 0.5) is 0 Å². The van der Waals surface area contributed by atoms with Gasteiger partial charge in [-0.3, -0.25) is 43.3 Å². The number of H-pyrrole nitrogens is 1. The highest BCUT2D eigenvalue weighted by Crippen LogP contribution is 2.19. The number of carbonyl (C=O) groups is 9. The van der Waals surface area contributed by atoms with Gasteiger partial charge in [0.05, 0.1) is 18.8 Å². The number of aliphatic carboxylic acids is 1. The monoisotopic (exact) mass is 905 g/mol. The van der Waals surface area contributed by atoms with Crippen LogP contribution >= 0.6 is 0 Å². The van der Waals surface area contributed by atoms with Crippen LogP contribution in [0.5, 0.6) is 0 Å². The number of aliphatic imine (C=N–C) groups is 1. The molecule has 0 aliphatic heterocycles. The number of hydrogen-bond donors (Lipinski definition) is 16. The molecule has 8 amide bonds. The second kappa shape index (κ2) is 25.9. The molecular formula is C38H59N13O13. The minimum atomic E-state index is -1.89. The largest absolute Gasteiger partial charge is 0.480 e. The van der Waals surface area contributed by atoms with Gasteiger partial charge in [0.2, 0.25) is 47.3 Å². The van der Waals surface area contributed by atoms with Gasteiger partial charge in [-0.25, -0.2) is 4.79 Å². The number of aromatic nitrogens is 1. The first kappa shape index (κ1) is 53.2. The topological polar surface area (TPSA) is 465 Å². The molecule has 1 aromatic carbocycles. The fourth-order valence-electron chi connectivity index (χ4n) is 6.02. The molecule has 0 aliphatic carbocycles. The number of benzene rings is 1. The summed E-state index contributed by atoms with van der Waals surface area (Å²) in [5, 5.41) is 53.9. The van der Waals surface area contributed by atoms with E-state index in [0.29, 0.717) is 16.5 Å². The number of nitrogens with zero attached hydrogens (tertiary/aromatic N) is 1. The zero-order valence-electron chi connectivity index (χ0n) is 35.2. The van der Waals surface area contributed by atoms with Crippen molar-refractivity contribution in [2.24, 2.45) is 33.7 Å². The number of rotatable bonds is 28. The van der Waals surface area contributed by atoms with Crippen LogP contribution in [0.2, 0.25) is 0 Å². The van der Waals surface area contributed by atoms with Crippen LogP contribution in [0.1, 0.15) is 57.9 Å². The second-order valence-electron chi connectivity index (χ2n) is 14.8. The number of aromatic amines is 1. The Balaban J connectivity index is 2.41. The first-order chi connectivity index (χ1) is 30.0. The zero-order chi connectivity index (χ0) is 48.3. The summed E-state index contributed by atoms with van der Waals surface area (Å²) >= 11 is 0. The average molecular weight is 906 g/mol. The fourth-order valence-corrected chi connectivity index (χ4v) is 6.02. The van der Waals surface area contributed by atoms with E-state index in [0.717, 1.165) is 6.92 Å². The number of hydrogen-bond acceptors (Lipinski definition) is 14. The molecule has 2 rings (SSSR count). The van der Waals surface area contributed by atoms with E-state index >= 15 is 0 Å². The number of nitrogens with two attached hydrogens (primary N) is 5. The number of aliphatic hydroxyl groups is 3. The van der Waals surface area contributed by atoms with Crippen molar-refractivity contribution in [1.82, 2.24) is 36.9 Å². The third-order valence-corrected chi connectivity index (χ3v) is 9.62. The minimum Gasteiger partial charge on any atom is -0.480 e. The predicted octanol–water partition coefficient (Wildman–Crippen LogP) is -6.63. The highest BCUT2D eigenvalue weighted by atomic mass is 16.4. The molecule has 0 spiro atoms. The summed E-state index contributed by atoms with van der Waals surface area (Å²) in [6, 6.07) is -4.36. The molecule has 64 heavy (non-hydrogen) atoms. The number of aliphatic hydroxyl groups excluding tert-OH is 3. The van der Waals surface area contributed by atoms with Crippen molar-refractivity contribution in [2.75, 3.05) is 13.2 Å². The van der Waals surface area contributed by atoms with Gasteiger partial charge in [-0.15, -0.1) is 0 Å². The van der Waals surface area contributed by atoms with E-state index in [9.17, 15) is 63.6 Å². The molecule has 0 unspecified atom stereocenters. The molecule has 9 atom stereocenters. The molecular weight excluding hydrogens is 846 g/mol. The van der Waals surface area contributed by atoms with Gasteiger partial charge < -0.3 is 86.0 Å². The molecule has 0 saturated heterocycles. The summed E-state index contributed by atoms with van der Waals surface area (Å²) < 4.78 is 0. The van der Waals surface area contributed by atoms with E-state index in [2.05, 4.69) is 41.9 Å². The van der Waals surface area contributed by atoms with E-state index < -0.39 is 140 Å². The number of guanidine groups is 1. The highest BCUT2D eigenvalue weighted by Gasteiger charge is 2.36. The summed E-state index contributed by atoms with van der Waals surface area (Å²) in [6.07, 6.45) is -3.65. The Kier molecular flexibility index (Phi) is 21.5. The van der Waals surface area contributed by atoms with Crippen molar-refractivity contribution in [3.63, 3.8) is 0 Å². The molecule has 354 valence electrons. The Morgan fingerprint density at radius 1 is 0.656 bits per heavy atom. The Bertz CT molecular complexity index is 2000. The SMILES string of the molecule is C[C@@H](O)[C@H](N)C(=O)N[C@@H](Cc1c[nH]c2ccccc12)C(=O)N[C@@H](CCC(N)=O)C(=O)N[C@H](C(=O)N[C@@H](CCC(N)=O)C(=O)N[C@@H](CCCN=C(N)N)C(=O)N[C@@H](CO)C(=O)O)[C@@H](C)O. The third kappa shape index (κ3) is 17.5. The maximum absolute atomic E-state index is 13.9. The Morgan fingerprint density at radius 3 is 1.64 bits per heavy atom. The van der Waals surface area contributed by atoms with Crippen LogP contribution < -0.4 is 60.6 Å². The van der Waals surface area contributed by atoms with Crippen molar-refractivity contribution < 1.29 is 63.6 Å². The van der Waals surface area contributed by atoms with Crippen LogP contribution in [0, 0.1) is 0 Å². The van der Waals surface area contributed by atoms with Crippen molar-refractivity contribution in [1.29, 1.82) is 0 Å². The molecule has 26 heteroatoms.